The molecule has 218 valence electrons. The van der Waals surface area contributed by atoms with E-state index in [1.165, 1.54) is 0 Å². The summed E-state index contributed by atoms with van der Waals surface area (Å²) in [6.45, 7) is 2.52. The van der Waals surface area contributed by atoms with Crippen LogP contribution in [0.2, 0.25) is 0 Å². The van der Waals surface area contributed by atoms with Gasteiger partial charge in [-0.15, -0.1) is 0 Å². The summed E-state index contributed by atoms with van der Waals surface area (Å²) in [5.74, 6) is 0.611. The Hall–Kier alpha value is -3.80. The molecule has 0 unspecified atom stereocenters. The lowest BCUT2D eigenvalue weighted by atomic mass is 9.92. The molecule has 8 nitrogen and oxygen atoms in total. The second-order valence-electron chi connectivity index (χ2n) is 12.0. The van der Waals surface area contributed by atoms with E-state index < -0.39 is 5.60 Å². The highest BCUT2D eigenvalue weighted by Gasteiger charge is 2.34. The Morgan fingerprint density at radius 2 is 1.81 bits per heavy atom. The predicted octanol–water partition coefficient (Wildman–Crippen LogP) is 5.78. The van der Waals surface area contributed by atoms with Crippen LogP contribution in [0, 0.1) is 11.3 Å². The molecule has 1 N–H and O–H groups in total. The largest absolute Gasteiger partial charge is 0.387 e. The van der Waals surface area contributed by atoms with Gasteiger partial charge in [-0.2, -0.15) is 15.3 Å². The maximum absolute atomic E-state index is 14.3. The fourth-order valence-electron chi connectivity index (χ4n) is 6.84. The molecule has 0 amide bonds. The van der Waals surface area contributed by atoms with Crippen molar-refractivity contribution in [2.45, 2.75) is 95.3 Å². The fourth-order valence-corrected chi connectivity index (χ4v) is 6.84. The second-order valence-corrected chi connectivity index (χ2v) is 12.0. The van der Waals surface area contributed by atoms with E-state index in [1.54, 1.807) is 6.33 Å². The molecule has 6 rings (SSSR count). The van der Waals surface area contributed by atoms with Crippen molar-refractivity contribution in [3.63, 3.8) is 0 Å². The molecule has 0 aliphatic heterocycles. The van der Waals surface area contributed by atoms with Gasteiger partial charge >= 0.3 is 0 Å². The third-order valence-electron chi connectivity index (χ3n) is 9.14. The van der Waals surface area contributed by atoms with Crippen LogP contribution in [0.1, 0.15) is 93.1 Å². The summed E-state index contributed by atoms with van der Waals surface area (Å²) in [7, 11) is 0. The van der Waals surface area contributed by atoms with Crippen LogP contribution in [0.25, 0.3) is 16.9 Å². The van der Waals surface area contributed by atoms with E-state index >= 15 is 0 Å². The summed E-state index contributed by atoms with van der Waals surface area (Å²) in [5, 5.41) is 24.8. The van der Waals surface area contributed by atoms with Crippen molar-refractivity contribution in [1.29, 1.82) is 5.26 Å². The number of aliphatic hydroxyl groups is 1. The topological polar surface area (TPSA) is 105 Å². The SMILES string of the molecule is CCCc1c(Cc2ccc(-c3ccccc3C#N)cc2)c(=O)n([C@H]2CC[C@H](OCC3(O)CCCC3)CC2)c2ncnn12. The summed E-state index contributed by atoms with van der Waals surface area (Å²) in [6, 6.07) is 18.1. The van der Waals surface area contributed by atoms with Crippen molar-refractivity contribution >= 4 is 5.78 Å². The Kier molecular flexibility index (Phi) is 8.23. The third-order valence-corrected chi connectivity index (χ3v) is 9.14. The average molecular weight is 566 g/mol. The van der Waals surface area contributed by atoms with E-state index in [0.717, 1.165) is 92.2 Å². The number of aromatic nitrogens is 4. The number of rotatable bonds is 9. The first-order valence-electron chi connectivity index (χ1n) is 15.4. The minimum Gasteiger partial charge on any atom is -0.387 e. The number of ether oxygens (including phenoxy) is 1. The van der Waals surface area contributed by atoms with Crippen molar-refractivity contribution in [2.24, 2.45) is 0 Å². The number of fused-ring (bicyclic) bond motifs is 1. The van der Waals surface area contributed by atoms with Crippen molar-refractivity contribution < 1.29 is 9.84 Å². The molecule has 2 heterocycles. The van der Waals surface area contributed by atoms with Gasteiger partial charge in [0, 0.05) is 18.0 Å². The maximum Gasteiger partial charge on any atom is 0.259 e. The highest BCUT2D eigenvalue weighted by molar-refractivity contribution is 5.70. The van der Waals surface area contributed by atoms with Crippen LogP contribution >= 0.6 is 0 Å². The molecule has 2 aromatic heterocycles. The van der Waals surface area contributed by atoms with Gasteiger partial charge in [-0.25, -0.2) is 4.52 Å². The Bertz CT molecular complexity index is 1630. The quantitative estimate of drug-likeness (QED) is 0.276. The van der Waals surface area contributed by atoms with Crippen LogP contribution in [0.3, 0.4) is 0 Å². The van der Waals surface area contributed by atoms with Gasteiger partial charge in [0.15, 0.2) is 0 Å². The number of nitrogens with zero attached hydrogens (tertiary/aromatic N) is 5. The first kappa shape index (κ1) is 28.3. The third kappa shape index (κ3) is 5.64. The standard InChI is InChI=1S/C34H39N5O3/c1-2-7-31-30(20-24-10-12-25(13-11-24)29-9-4-3-8-26(29)21-35)32(40)38(33-36-23-37-39(31)33)27-14-16-28(17-15-27)42-22-34(41)18-5-6-19-34/h3-4,8-13,23,27-28,41H,2,5-7,14-20,22H2,1H3/t27-,28-. The van der Waals surface area contributed by atoms with Crippen LogP contribution in [-0.4, -0.2) is 42.6 Å². The van der Waals surface area contributed by atoms with Gasteiger partial charge in [-0.3, -0.25) is 9.36 Å². The highest BCUT2D eigenvalue weighted by Crippen LogP contribution is 2.34. The molecule has 0 atom stereocenters. The number of benzene rings is 2. The van der Waals surface area contributed by atoms with Crippen molar-refractivity contribution in [1.82, 2.24) is 19.2 Å². The Morgan fingerprint density at radius 3 is 2.52 bits per heavy atom. The molecule has 2 aliphatic carbocycles. The molecular formula is C34H39N5O3. The van der Waals surface area contributed by atoms with Crippen LogP contribution in [0.4, 0.5) is 0 Å². The van der Waals surface area contributed by atoms with Crippen LogP contribution in [-0.2, 0) is 17.6 Å². The summed E-state index contributed by atoms with van der Waals surface area (Å²) < 4.78 is 9.92. The number of aryl methyl sites for hydroxylation is 1. The Labute approximate surface area is 246 Å². The molecule has 8 heteroatoms. The number of hydrogen-bond donors (Lipinski definition) is 1. The van der Waals surface area contributed by atoms with E-state index in [-0.39, 0.29) is 17.7 Å². The second kappa shape index (κ2) is 12.2. The lowest BCUT2D eigenvalue weighted by molar-refractivity contribution is -0.0796. The Balaban J connectivity index is 1.26. The van der Waals surface area contributed by atoms with Gasteiger partial charge in [-0.1, -0.05) is 68.7 Å². The van der Waals surface area contributed by atoms with Gasteiger partial charge in [-0.05, 0) is 67.7 Å². The molecule has 4 aromatic rings. The van der Waals surface area contributed by atoms with Crippen molar-refractivity contribution in [3.05, 3.63) is 87.6 Å². The van der Waals surface area contributed by atoms with E-state index in [4.69, 9.17) is 4.74 Å². The molecule has 2 aromatic carbocycles. The van der Waals surface area contributed by atoms with Crippen LogP contribution in [0.5, 0.6) is 0 Å². The van der Waals surface area contributed by atoms with E-state index in [9.17, 15) is 15.2 Å². The molecule has 2 fully saturated rings. The predicted molar refractivity (Wildman–Crippen MR) is 161 cm³/mol. The van der Waals surface area contributed by atoms with E-state index in [2.05, 4.69) is 35.2 Å². The molecule has 0 bridgehead atoms. The summed E-state index contributed by atoms with van der Waals surface area (Å²) in [5.41, 5.74) is 4.61. The molecule has 0 spiro atoms. The molecule has 0 radical (unpaired) electrons. The highest BCUT2D eigenvalue weighted by atomic mass is 16.5. The normalized spacial score (nSPS) is 20.1. The van der Waals surface area contributed by atoms with Gasteiger partial charge in [0.25, 0.3) is 5.56 Å². The minimum absolute atomic E-state index is 0.0162. The zero-order valence-electron chi connectivity index (χ0n) is 24.3. The first-order chi connectivity index (χ1) is 20.5. The zero-order chi connectivity index (χ0) is 29.1. The van der Waals surface area contributed by atoms with Gasteiger partial charge in [0.05, 0.1) is 35.6 Å². The molecule has 42 heavy (non-hydrogen) atoms. The summed E-state index contributed by atoms with van der Waals surface area (Å²) >= 11 is 0. The monoisotopic (exact) mass is 565 g/mol. The van der Waals surface area contributed by atoms with Gasteiger partial charge < -0.3 is 9.84 Å². The summed E-state index contributed by atoms with van der Waals surface area (Å²) in [6.07, 6.45) is 10.9. The zero-order valence-corrected chi connectivity index (χ0v) is 24.3. The lowest BCUT2D eigenvalue weighted by Gasteiger charge is -2.32. The summed E-state index contributed by atoms with van der Waals surface area (Å²) in [4.78, 5) is 18.8. The molecular weight excluding hydrogens is 526 g/mol. The maximum atomic E-state index is 14.3. The average Bonchev–Trinajstić information content (AvgIpc) is 3.68. The van der Waals surface area contributed by atoms with E-state index in [1.807, 2.05) is 45.5 Å². The molecule has 0 saturated heterocycles. The molecule has 2 aliphatic rings. The fraction of sp³-hybridized carbons (Fsp3) is 0.471. The van der Waals surface area contributed by atoms with Crippen molar-refractivity contribution in [3.8, 4) is 17.2 Å². The van der Waals surface area contributed by atoms with Gasteiger partial charge in [0.2, 0.25) is 5.78 Å². The minimum atomic E-state index is -0.664. The van der Waals surface area contributed by atoms with Crippen molar-refractivity contribution in [2.75, 3.05) is 6.61 Å². The smallest absolute Gasteiger partial charge is 0.259 e. The van der Waals surface area contributed by atoms with Gasteiger partial charge in [0.1, 0.15) is 6.33 Å². The molecule has 2 saturated carbocycles. The van der Waals surface area contributed by atoms with Crippen LogP contribution in [0.15, 0.2) is 59.7 Å². The number of hydrogen-bond acceptors (Lipinski definition) is 6. The number of nitriles is 1. The van der Waals surface area contributed by atoms with Crippen LogP contribution < -0.4 is 5.56 Å². The lowest BCUT2D eigenvalue weighted by Crippen LogP contribution is -2.37. The van der Waals surface area contributed by atoms with E-state index in [0.29, 0.717) is 24.4 Å². The first-order valence-corrected chi connectivity index (χ1v) is 15.4. The Morgan fingerprint density at radius 1 is 1.07 bits per heavy atom.